The highest BCUT2D eigenvalue weighted by Gasteiger charge is 2.08. The fourth-order valence-electron chi connectivity index (χ4n) is 2.55. The Morgan fingerprint density at radius 3 is 2.50 bits per heavy atom. The van der Waals surface area contributed by atoms with E-state index in [2.05, 4.69) is 41.4 Å². The van der Waals surface area contributed by atoms with E-state index in [1.165, 1.54) is 0 Å². The molecule has 0 spiro atoms. The van der Waals surface area contributed by atoms with Gasteiger partial charge >= 0.3 is 0 Å². The van der Waals surface area contributed by atoms with Crippen LogP contribution in [-0.4, -0.2) is 75.5 Å². The summed E-state index contributed by atoms with van der Waals surface area (Å²) in [5, 5.41) is 6.68. The van der Waals surface area contributed by atoms with E-state index >= 15 is 0 Å². The zero-order valence-corrected chi connectivity index (χ0v) is 17.2. The summed E-state index contributed by atoms with van der Waals surface area (Å²) in [5.74, 6) is 0.839. The van der Waals surface area contributed by atoms with Gasteiger partial charge < -0.3 is 20.4 Å². The lowest BCUT2D eigenvalue weighted by atomic mass is 10.1. The van der Waals surface area contributed by atoms with Gasteiger partial charge in [-0.2, -0.15) is 0 Å². The molecule has 0 fully saturated rings. The van der Waals surface area contributed by atoms with E-state index in [0.717, 1.165) is 49.6 Å². The van der Waals surface area contributed by atoms with Gasteiger partial charge in [0.05, 0.1) is 0 Å². The predicted octanol–water partition coefficient (Wildman–Crippen LogP) is 1.83. The second-order valence-corrected chi connectivity index (χ2v) is 6.81. The van der Waals surface area contributed by atoms with E-state index in [9.17, 15) is 4.79 Å². The molecular weight excluding hydrogens is 326 g/mol. The molecule has 0 saturated heterocycles. The number of nitrogens with zero attached hydrogens (tertiary/aromatic N) is 3. The molecule has 6 heteroatoms. The van der Waals surface area contributed by atoms with Crippen molar-refractivity contribution in [3.05, 3.63) is 35.4 Å². The number of hydrogen-bond donors (Lipinski definition) is 2. The average Bonchev–Trinajstić information content (AvgIpc) is 2.65. The minimum Gasteiger partial charge on any atom is -0.356 e. The van der Waals surface area contributed by atoms with Gasteiger partial charge in [0.2, 0.25) is 0 Å². The van der Waals surface area contributed by atoms with Crippen molar-refractivity contribution in [3.63, 3.8) is 0 Å². The third-order valence-corrected chi connectivity index (χ3v) is 4.61. The number of hydrogen-bond acceptors (Lipinski definition) is 3. The van der Waals surface area contributed by atoms with Crippen molar-refractivity contribution < 1.29 is 4.79 Å². The Balaban J connectivity index is 2.41. The Morgan fingerprint density at radius 1 is 1.19 bits per heavy atom. The maximum atomic E-state index is 12.0. The van der Waals surface area contributed by atoms with E-state index in [4.69, 9.17) is 0 Å². The molecule has 1 unspecified atom stereocenters. The Bertz CT molecular complexity index is 585. The van der Waals surface area contributed by atoms with Crippen LogP contribution in [0.1, 0.15) is 36.2 Å². The summed E-state index contributed by atoms with van der Waals surface area (Å²) in [5.41, 5.74) is 1.86. The van der Waals surface area contributed by atoms with Gasteiger partial charge in [0.25, 0.3) is 5.91 Å². The number of benzene rings is 1. The predicted molar refractivity (Wildman–Crippen MR) is 110 cm³/mol. The standard InChI is InChI=1S/C20H35N5O/c1-7-16(2)25(6)14-13-23-20(21-3)22-12-11-17-9-8-10-18(15-17)19(26)24(4)5/h8-10,15-16H,7,11-14H2,1-6H3,(H2,21,22,23). The Hall–Kier alpha value is -2.08. The normalized spacial score (nSPS) is 12.8. The molecule has 0 bridgehead atoms. The third-order valence-electron chi connectivity index (χ3n) is 4.61. The molecule has 6 nitrogen and oxygen atoms in total. The molecule has 2 N–H and O–H groups in total. The molecule has 26 heavy (non-hydrogen) atoms. The first-order valence-electron chi connectivity index (χ1n) is 9.34. The maximum absolute atomic E-state index is 12.0. The van der Waals surface area contributed by atoms with Gasteiger partial charge in [-0.25, -0.2) is 0 Å². The van der Waals surface area contributed by atoms with Gasteiger partial charge in [-0.05, 0) is 44.5 Å². The average molecular weight is 362 g/mol. The van der Waals surface area contributed by atoms with E-state index in [-0.39, 0.29) is 5.91 Å². The summed E-state index contributed by atoms with van der Waals surface area (Å²) in [7, 11) is 7.47. The molecule has 0 aliphatic carbocycles. The van der Waals surface area contributed by atoms with E-state index < -0.39 is 0 Å². The Morgan fingerprint density at radius 2 is 1.88 bits per heavy atom. The Kier molecular flexibility index (Phi) is 9.73. The number of guanidine groups is 1. The Labute approximate surface area is 158 Å². The number of aliphatic imine (C=N–C) groups is 1. The fraction of sp³-hybridized carbons (Fsp3) is 0.600. The van der Waals surface area contributed by atoms with Crippen molar-refractivity contribution in [1.82, 2.24) is 20.4 Å². The van der Waals surface area contributed by atoms with Crippen LogP contribution in [0.2, 0.25) is 0 Å². The molecule has 1 rings (SSSR count). The summed E-state index contributed by atoms with van der Waals surface area (Å²) in [6.07, 6.45) is 1.99. The van der Waals surface area contributed by atoms with Crippen LogP contribution in [0.25, 0.3) is 0 Å². The van der Waals surface area contributed by atoms with E-state index in [1.807, 2.05) is 24.3 Å². The second-order valence-electron chi connectivity index (χ2n) is 6.81. The lowest BCUT2D eigenvalue weighted by Crippen LogP contribution is -2.42. The van der Waals surface area contributed by atoms with Crippen molar-refractivity contribution in [2.24, 2.45) is 4.99 Å². The molecular formula is C20H35N5O. The summed E-state index contributed by atoms with van der Waals surface area (Å²) in [6, 6.07) is 8.38. The summed E-state index contributed by atoms with van der Waals surface area (Å²) in [4.78, 5) is 20.2. The lowest BCUT2D eigenvalue weighted by Gasteiger charge is -2.24. The lowest BCUT2D eigenvalue weighted by molar-refractivity contribution is 0.0827. The fourth-order valence-corrected chi connectivity index (χ4v) is 2.55. The first-order chi connectivity index (χ1) is 12.4. The minimum atomic E-state index is 0.0303. The molecule has 0 aliphatic heterocycles. The molecule has 1 atom stereocenters. The van der Waals surface area contributed by atoms with Crippen molar-refractivity contribution in [2.45, 2.75) is 32.7 Å². The largest absolute Gasteiger partial charge is 0.356 e. The van der Waals surface area contributed by atoms with Crippen molar-refractivity contribution >= 4 is 11.9 Å². The summed E-state index contributed by atoms with van der Waals surface area (Å²) in [6.45, 7) is 7.04. The third kappa shape index (κ3) is 7.44. The van der Waals surface area contributed by atoms with E-state index in [0.29, 0.717) is 6.04 Å². The molecule has 0 saturated carbocycles. The van der Waals surface area contributed by atoms with Gasteiger partial charge in [-0.1, -0.05) is 19.1 Å². The molecule has 146 valence electrons. The van der Waals surface area contributed by atoms with Crippen molar-refractivity contribution in [1.29, 1.82) is 0 Å². The minimum absolute atomic E-state index is 0.0303. The molecule has 1 amide bonds. The zero-order chi connectivity index (χ0) is 19.5. The summed E-state index contributed by atoms with van der Waals surface area (Å²) >= 11 is 0. The van der Waals surface area contributed by atoms with Crippen LogP contribution in [0.5, 0.6) is 0 Å². The smallest absolute Gasteiger partial charge is 0.253 e. The van der Waals surface area contributed by atoms with Crippen LogP contribution >= 0.6 is 0 Å². The van der Waals surface area contributed by atoms with Crippen LogP contribution in [0, 0.1) is 0 Å². The number of carbonyl (C=O) groups is 1. The van der Waals surface area contributed by atoms with Gasteiger partial charge in [-0.3, -0.25) is 9.79 Å². The molecule has 1 aromatic rings. The van der Waals surface area contributed by atoms with Crippen LogP contribution < -0.4 is 10.6 Å². The van der Waals surface area contributed by atoms with Gasteiger partial charge in [0.15, 0.2) is 5.96 Å². The number of nitrogens with one attached hydrogen (secondary N) is 2. The van der Waals surface area contributed by atoms with Gasteiger partial charge in [0, 0.05) is 52.4 Å². The van der Waals surface area contributed by atoms with Crippen molar-refractivity contribution in [2.75, 3.05) is 47.8 Å². The van der Waals surface area contributed by atoms with Crippen LogP contribution in [0.4, 0.5) is 0 Å². The first-order valence-corrected chi connectivity index (χ1v) is 9.34. The number of likely N-dealkylation sites (N-methyl/N-ethyl adjacent to an activating group) is 1. The van der Waals surface area contributed by atoms with Crippen molar-refractivity contribution in [3.8, 4) is 0 Å². The number of carbonyl (C=O) groups excluding carboxylic acids is 1. The number of rotatable bonds is 9. The molecule has 0 aliphatic rings. The highest BCUT2D eigenvalue weighted by Crippen LogP contribution is 2.07. The molecule has 0 radical (unpaired) electrons. The molecule has 0 heterocycles. The summed E-state index contributed by atoms with van der Waals surface area (Å²) < 4.78 is 0. The second kappa shape index (κ2) is 11.5. The first kappa shape index (κ1) is 22.0. The number of amides is 1. The highest BCUT2D eigenvalue weighted by molar-refractivity contribution is 5.94. The SMILES string of the molecule is CCC(C)N(C)CCNC(=NC)NCCc1cccc(C(=O)N(C)C)c1. The molecule has 1 aromatic carbocycles. The topological polar surface area (TPSA) is 60.0 Å². The van der Waals surface area contributed by atoms with E-state index in [1.54, 1.807) is 26.0 Å². The van der Waals surface area contributed by atoms with Crippen LogP contribution in [0.3, 0.4) is 0 Å². The molecule has 0 aromatic heterocycles. The highest BCUT2D eigenvalue weighted by atomic mass is 16.2. The quantitative estimate of drug-likeness (QED) is 0.520. The monoisotopic (exact) mass is 361 g/mol. The van der Waals surface area contributed by atoms with Crippen LogP contribution in [-0.2, 0) is 6.42 Å². The zero-order valence-electron chi connectivity index (χ0n) is 17.2. The maximum Gasteiger partial charge on any atom is 0.253 e. The van der Waals surface area contributed by atoms with Crippen LogP contribution in [0.15, 0.2) is 29.3 Å². The van der Waals surface area contributed by atoms with Gasteiger partial charge in [-0.15, -0.1) is 0 Å². The van der Waals surface area contributed by atoms with Gasteiger partial charge in [0.1, 0.15) is 0 Å².